The quantitative estimate of drug-likeness (QED) is 0.0967. The summed E-state index contributed by atoms with van der Waals surface area (Å²) in [4.78, 5) is 44.4. The highest BCUT2D eigenvalue weighted by Crippen LogP contribution is 2.31. The number of amides is 3. The van der Waals surface area contributed by atoms with Crippen LogP contribution in [-0.4, -0.2) is 34.6 Å². The van der Waals surface area contributed by atoms with E-state index in [2.05, 4.69) is 20.9 Å². The molecule has 0 saturated heterocycles. The number of hydrogen-bond acceptors (Lipinski definition) is 7. The molecule has 0 saturated carbocycles. The van der Waals surface area contributed by atoms with Gasteiger partial charge >= 0.3 is 0 Å². The molecule has 0 aliphatic rings. The molecule has 0 aliphatic heterocycles. The molecule has 0 radical (unpaired) electrons. The molecular formula is C34H28ClFN4O4S2. The fourth-order valence-electron chi connectivity index (χ4n) is 4.23. The number of carbonyl (C=O) groups is 3. The number of nitrogens with zero attached hydrogens (tertiary/aromatic N) is 1. The fraction of sp³-hybridized carbons (Fsp3) is 0.118. The molecule has 0 spiro atoms. The number of nitrogens with one attached hydrogen (secondary N) is 3. The molecule has 46 heavy (non-hydrogen) atoms. The maximum absolute atomic E-state index is 14.6. The monoisotopic (exact) mass is 674 g/mol. The number of ether oxygens (including phenoxy) is 1. The molecular weight excluding hydrogens is 647 g/mol. The van der Waals surface area contributed by atoms with E-state index in [0.29, 0.717) is 23.0 Å². The number of fused-ring (bicyclic) bond motifs is 1. The summed E-state index contributed by atoms with van der Waals surface area (Å²) in [5.41, 5.74) is 1.28. The van der Waals surface area contributed by atoms with Gasteiger partial charge in [-0.05, 0) is 86.7 Å². The van der Waals surface area contributed by atoms with Crippen LogP contribution in [0.15, 0.2) is 102 Å². The zero-order valence-electron chi connectivity index (χ0n) is 24.7. The Bertz CT molecular complexity index is 1900. The van der Waals surface area contributed by atoms with Crippen LogP contribution < -0.4 is 20.7 Å². The summed E-state index contributed by atoms with van der Waals surface area (Å²) in [5.74, 6) is -1.33. The molecule has 3 amide bonds. The minimum atomic E-state index is -0.680. The molecule has 3 N–H and O–H groups in total. The predicted molar refractivity (Wildman–Crippen MR) is 183 cm³/mol. The van der Waals surface area contributed by atoms with Crippen molar-refractivity contribution in [3.8, 4) is 5.75 Å². The van der Waals surface area contributed by atoms with Crippen LogP contribution in [0.5, 0.6) is 5.75 Å². The second-order valence-electron chi connectivity index (χ2n) is 9.82. The van der Waals surface area contributed by atoms with Gasteiger partial charge in [-0.3, -0.25) is 14.4 Å². The number of rotatable bonds is 11. The van der Waals surface area contributed by atoms with Crippen molar-refractivity contribution in [3.63, 3.8) is 0 Å². The molecule has 1 heterocycles. The minimum Gasteiger partial charge on any atom is -0.494 e. The second kappa shape index (κ2) is 15.0. The maximum atomic E-state index is 14.6. The van der Waals surface area contributed by atoms with E-state index in [1.807, 2.05) is 25.1 Å². The van der Waals surface area contributed by atoms with Crippen LogP contribution in [0, 0.1) is 5.82 Å². The van der Waals surface area contributed by atoms with Crippen LogP contribution in [0.3, 0.4) is 0 Å². The Hall–Kier alpha value is -4.71. The van der Waals surface area contributed by atoms with Crippen molar-refractivity contribution in [2.45, 2.75) is 24.0 Å². The van der Waals surface area contributed by atoms with Crippen molar-refractivity contribution in [1.82, 2.24) is 10.3 Å². The van der Waals surface area contributed by atoms with Gasteiger partial charge in [0.2, 0.25) is 5.91 Å². The average molecular weight is 675 g/mol. The van der Waals surface area contributed by atoms with Crippen molar-refractivity contribution in [1.29, 1.82) is 0 Å². The predicted octanol–water partition coefficient (Wildman–Crippen LogP) is 8.02. The standard InChI is InChI=1S/C34H28ClFN4O4S2/c1-3-44-23-14-17-28-30(18-23)46-34(39-28)40-31(41)20(2)45-24-15-12-22(13-16-24)37-33(43)29(19-25-26(35)10-7-11-27(25)36)38-32(42)21-8-5-4-6-9-21/h4-20H,3H2,1-2H3,(H,37,43)(H,38,42)(H,39,40,41)/b29-19-. The summed E-state index contributed by atoms with van der Waals surface area (Å²) in [7, 11) is 0. The molecule has 5 aromatic rings. The van der Waals surface area contributed by atoms with Crippen LogP contribution >= 0.6 is 34.7 Å². The maximum Gasteiger partial charge on any atom is 0.272 e. The Labute approximate surface area is 278 Å². The van der Waals surface area contributed by atoms with Gasteiger partial charge in [-0.15, -0.1) is 11.8 Å². The first-order valence-corrected chi connectivity index (χ1v) is 16.2. The second-order valence-corrected chi connectivity index (χ2v) is 12.7. The van der Waals surface area contributed by atoms with E-state index in [-0.39, 0.29) is 22.2 Å². The molecule has 12 heteroatoms. The highest BCUT2D eigenvalue weighted by atomic mass is 35.5. The highest BCUT2D eigenvalue weighted by Gasteiger charge is 2.19. The molecule has 0 bridgehead atoms. The summed E-state index contributed by atoms with van der Waals surface area (Å²) in [6.45, 7) is 4.27. The molecule has 1 unspecified atom stereocenters. The lowest BCUT2D eigenvalue weighted by molar-refractivity contribution is -0.115. The number of hydrogen-bond donors (Lipinski definition) is 3. The number of benzene rings is 4. The van der Waals surface area contributed by atoms with Crippen LogP contribution in [0.4, 0.5) is 15.2 Å². The van der Waals surface area contributed by atoms with Gasteiger partial charge in [-0.1, -0.05) is 47.2 Å². The molecule has 234 valence electrons. The Kier molecular flexibility index (Phi) is 10.7. The van der Waals surface area contributed by atoms with E-state index < -0.39 is 22.9 Å². The number of halogens is 2. The topological polar surface area (TPSA) is 109 Å². The van der Waals surface area contributed by atoms with Gasteiger partial charge in [0, 0.05) is 21.7 Å². The van der Waals surface area contributed by atoms with E-state index in [1.165, 1.54) is 47.4 Å². The lowest BCUT2D eigenvalue weighted by Crippen LogP contribution is -2.30. The summed E-state index contributed by atoms with van der Waals surface area (Å²) in [6.07, 6.45) is 1.20. The third kappa shape index (κ3) is 8.30. The first-order chi connectivity index (χ1) is 22.2. The van der Waals surface area contributed by atoms with E-state index in [9.17, 15) is 18.8 Å². The third-order valence-electron chi connectivity index (χ3n) is 6.51. The van der Waals surface area contributed by atoms with Gasteiger partial charge in [0.1, 0.15) is 17.3 Å². The minimum absolute atomic E-state index is 0.0391. The summed E-state index contributed by atoms with van der Waals surface area (Å²) >= 11 is 8.90. The van der Waals surface area contributed by atoms with Crippen molar-refractivity contribution < 1.29 is 23.5 Å². The normalized spacial score (nSPS) is 12.0. The zero-order valence-corrected chi connectivity index (χ0v) is 27.1. The van der Waals surface area contributed by atoms with Crippen LogP contribution in [0.2, 0.25) is 5.02 Å². The number of thioether (sulfide) groups is 1. The molecule has 8 nitrogen and oxygen atoms in total. The lowest BCUT2D eigenvalue weighted by Gasteiger charge is -2.13. The average Bonchev–Trinajstić information content (AvgIpc) is 3.45. The Balaban J connectivity index is 1.24. The smallest absolute Gasteiger partial charge is 0.272 e. The van der Waals surface area contributed by atoms with Gasteiger partial charge in [-0.25, -0.2) is 9.37 Å². The van der Waals surface area contributed by atoms with Gasteiger partial charge in [0.25, 0.3) is 11.8 Å². The summed E-state index contributed by atoms with van der Waals surface area (Å²) in [5, 5.41) is 8.31. The van der Waals surface area contributed by atoms with Gasteiger partial charge in [0.15, 0.2) is 5.13 Å². The van der Waals surface area contributed by atoms with Gasteiger partial charge < -0.3 is 20.7 Å². The molecule has 5 rings (SSSR count). The van der Waals surface area contributed by atoms with Crippen LogP contribution in [-0.2, 0) is 9.59 Å². The van der Waals surface area contributed by atoms with Crippen molar-refractivity contribution in [2.75, 3.05) is 17.2 Å². The Morgan fingerprint density at radius 1 is 1.00 bits per heavy atom. The first-order valence-electron chi connectivity index (χ1n) is 14.1. The van der Waals surface area contributed by atoms with Gasteiger partial charge in [-0.2, -0.15) is 0 Å². The van der Waals surface area contributed by atoms with E-state index in [1.54, 1.807) is 61.5 Å². The fourth-order valence-corrected chi connectivity index (χ4v) is 6.21. The van der Waals surface area contributed by atoms with E-state index >= 15 is 0 Å². The van der Waals surface area contributed by atoms with Crippen molar-refractivity contribution >= 4 is 79.5 Å². The summed E-state index contributed by atoms with van der Waals surface area (Å²) in [6, 6.07) is 24.9. The first kappa shape index (κ1) is 32.7. The number of thiazole rings is 1. The van der Waals surface area contributed by atoms with Crippen molar-refractivity contribution in [3.05, 3.63) is 119 Å². The summed E-state index contributed by atoms with van der Waals surface area (Å²) < 4.78 is 21.0. The highest BCUT2D eigenvalue weighted by molar-refractivity contribution is 8.00. The van der Waals surface area contributed by atoms with Crippen LogP contribution in [0.25, 0.3) is 16.3 Å². The molecule has 4 aromatic carbocycles. The SMILES string of the molecule is CCOc1ccc2nc(NC(=O)C(C)Sc3ccc(NC(=O)/C(=C/c4c(F)cccc4Cl)NC(=O)c4ccccc4)cc3)sc2c1. The number of aromatic nitrogens is 1. The molecule has 1 atom stereocenters. The van der Waals surface area contributed by atoms with E-state index in [0.717, 1.165) is 20.9 Å². The van der Waals surface area contributed by atoms with Gasteiger partial charge in [0.05, 0.1) is 27.1 Å². The van der Waals surface area contributed by atoms with E-state index in [4.69, 9.17) is 16.3 Å². The molecule has 0 aliphatic carbocycles. The molecule has 0 fully saturated rings. The largest absolute Gasteiger partial charge is 0.494 e. The number of carbonyl (C=O) groups excluding carboxylic acids is 3. The zero-order chi connectivity index (χ0) is 32.6. The van der Waals surface area contributed by atoms with Crippen molar-refractivity contribution in [2.24, 2.45) is 0 Å². The number of anilines is 2. The lowest BCUT2D eigenvalue weighted by atomic mass is 10.1. The Morgan fingerprint density at radius 3 is 2.48 bits per heavy atom. The van der Waals surface area contributed by atoms with Crippen LogP contribution in [0.1, 0.15) is 29.8 Å². The third-order valence-corrected chi connectivity index (χ3v) is 8.89. The Morgan fingerprint density at radius 2 is 1.76 bits per heavy atom. The molecule has 1 aromatic heterocycles.